The molecule has 0 radical (unpaired) electrons. The molecule has 1 aliphatic rings. The third kappa shape index (κ3) is 6.49. The second-order valence-corrected chi connectivity index (χ2v) is 7.11. The second kappa shape index (κ2) is 10.5. The zero-order valence-corrected chi connectivity index (χ0v) is 14.1. The summed E-state index contributed by atoms with van der Waals surface area (Å²) in [6.45, 7) is 5.60. The van der Waals surface area contributed by atoms with E-state index < -0.39 is 0 Å². The summed E-state index contributed by atoms with van der Waals surface area (Å²) in [5, 5.41) is 4.36. The van der Waals surface area contributed by atoms with Crippen molar-refractivity contribution in [2.75, 3.05) is 19.4 Å². The summed E-state index contributed by atoms with van der Waals surface area (Å²) in [5.74, 6) is 1.69. The number of carbonyl (C=O) groups excluding carboxylic acids is 1. The van der Waals surface area contributed by atoms with Crippen molar-refractivity contribution < 1.29 is 9.53 Å². The Morgan fingerprint density at radius 2 is 2.10 bits per heavy atom. The molecule has 3 nitrogen and oxygen atoms in total. The van der Waals surface area contributed by atoms with E-state index in [1.54, 1.807) is 0 Å². The average molecular weight is 301 g/mol. The summed E-state index contributed by atoms with van der Waals surface area (Å²) in [6.07, 6.45) is 8.34. The van der Waals surface area contributed by atoms with E-state index in [-0.39, 0.29) is 5.97 Å². The normalized spacial score (nSPS) is 26.4. The maximum absolute atomic E-state index is 11.2. The van der Waals surface area contributed by atoms with E-state index in [0.717, 1.165) is 18.2 Å². The van der Waals surface area contributed by atoms with Gasteiger partial charge in [0, 0.05) is 17.0 Å². The number of esters is 1. The lowest BCUT2D eigenvalue weighted by Crippen LogP contribution is -2.43. The van der Waals surface area contributed by atoms with Crippen LogP contribution in [-0.2, 0) is 9.53 Å². The molecule has 3 unspecified atom stereocenters. The minimum atomic E-state index is -0.0866. The van der Waals surface area contributed by atoms with Crippen LogP contribution < -0.4 is 5.32 Å². The number of nitrogens with one attached hydrogen (secondary N) is 1. The van der Waals surface area contributed by atoms with Crippen molar-refractivity contribution in [3.8, 4) is 0 Å². The predicted octanol–water partition coefficient (Wildman–Crippen LogP) is 3.62. The molecular formula is C16H31NO2S. The monoisotopic (exact) mass is 301 g/mol. The molecule has 0 aromatic heterocycles. The molecule has 0 heterocycles. The van der Waals surface area contributed by atoms with Crippen molar-refractivity contribution in [2.45, 2.75) is 70.1 Å². The molecule has 3 atom stereocenters. The molecular weight excluding hydrogens is 270 g/mol. The Hall–Kier alpha value is -0.220. The molecule has 118 valence electrons. The lowest BCUT2D eigenvalue weighted by molar-refractivity contribution is -0.140. The summed E-state index contributed by atoms with van der Waals surface area (Å²) in [4.78, 5) is 11.2. The number of carbonyl (C=O) groups is 1. The Kier molecular flexibility index (Phi) is 9.36. The highest BCUT2D eigenvalue weighted by Gasteiger charge is 2.29. The second-order valence-electron chi connectivity index (χ2n) is 5.76. The fraction of sp³-hybridized carbons (Fsp3) is 0.938. The fourth-order valence-corrected chi connectivity index (χ4v) is 4.49. The molecule has 0 bridgehead atoms. The topological polar surface area (TPSA) is 38.3 Å². The molecule has 0 amide bonds. The largest absolute Gasteiger partial charge is 0.469 e. The Labute approximate surface area is 128 Å². The Balaban J connectivity index is 2.41. The van der Waals surface area contributed by atoms with Crippen LogP contribution >= 0.6 is 11.8 Å². The third-order valence-corrected chi connectivity index (χ3v) is 5.51. The van der Waals surface area contributed by atoms with Crippen LogP contribution in [0, 0.1) is 5.92 Å². The molecule has 1 N–H and O–H groups in total. The van der Waals surface area contributed by atoms with Crippen LogP contribution in [-0.4, -0.2) is 36.7 Å². The first-order valence-electron chi connectivity index (χ1n) is 8.13. The van der Waals surface area contributed by atoms with Crippen molar-refractivity contribution in [2.24, 2.45) is 5.92 Å². The molecule has 1 aliphatic carbocycles. The van der Waals surface area contributed by atoms with Gasteiger partial charge in [0.05, 0.1) is 13.5 Å². The smallest absolute Gasteiger partial charge is 0.306 e. The predicted molar refractivity (Wildman–Crippen MR) is 87.2 cm³/mol. The van der Waals surface area contributed by atoms with Gasteiger partial charge in [-0.2, -0.15) is 11.8 Å². The van der Waals surface area contributed by atoms with Crippen LogP contribution in [0.3, 0.4) is 0 Å². The van der Waals surface area contributed by atoms with E-state index >= 15 is 0 Å². The van der Waals surface area contributed by atoms with Gasteiger partial charge in [0.15, 0.2) is 0 Å². The minimum absolute atomic E-state index is 0.0866. The Morgan fingerprint density at radius 3 is 2.75 bits per heavy atom. The fourth-order valence-electron chi connectivity index (χ4n) is 3.03. The number of rotatable bonds is 9. The zero-order chi connectivity index (χ0) is 14.8. The van der Waals surface area contributed by atoms with Crippen molar-refractivity contribution in [3.63, 3.8) is 0 Å². The van der Waals surface area contributed by atoms with Gasteiger partial charge in [-0.25, -0.2) is 0 Å². The number of hydrogen-bond acceptors (Lipinski definition) is 4. The van der Waals surface area contributed by atoms with Gasteiger partial charge < -0.3 is 10.1 Å². The molecule has 4 heteroatoms. The van der Waals surface area contributed by atoms with Crippen molar-refractivity contribution in [1.82, 2.24) is 5.32 Å². The van der Waals surface area contributed by atoms with Gasteiger partial charge in [0.2, 0.25) is 0 Å². The van der Waals surface area contributed by atoms with E-state index in [2.05, 4.69) is 19.2 Å². The van der Waals surface area contributed by atoms with Gasteiger partial charge in [-0.3, -0.25) is 4.79 Å². The maximum atomic E-state index is 11.2. The summed E-state index contributed by atoms with van der Waals surface area (Å²) < 4.78 is 4.72. The van der Waals surface area contributed by atoms with Crippen LogP contribution in [0.15, 0.2) is 0 Å². The van der Waals surface area contributed by atoms with Crippen molar-refractivity contribution >= 4 is 17.7 Å². The van der Waals surface area contributed by atoms with E-state index in [4.69, 9.17) is 4.74 Å². The highest BCUT2D eigenvalue weighted by molar-refractivity contribution is 7.99. The number of hydrogen-bond donors (Lipinski definition) is 1. The molecule has 0 aromatic carbocycles. The third-order valence-electron chi connectivity index (χ3n) is 4.12. The number of methoxy groups -OCH3 is 1. The first kappa shape index (κ1) is 17.8. The molecule has 1 fully saturated rings. The SMILES string of the molecule is CCCNC1CCC(CCC)CC1SCCC(=O)OC. The maximum Gasteiger partial charge on any atom is 0.306 e. The van der Waals surface area contributed by atoms with E-state index in [9.17, 15) is 4.79 Å². The Morgan fingerprint density at radius 1 is 1.30 bits per heavy atom. The summed E-state index contributed by atoms with van der Waals surface area (Å²) in [6, 6.07) is 0.630. The van der Waals surface area contributed by atoms with Crippen molar-refractivity contribution in [1.29, 1.82) is 0 Å². The number of thioether (sulfide) groups is 1. The molecule has 1 saturated carbocycles. The van der Waals surface area contributed by atoms with Crippen LogP contribution in [0.5, 0.6) is 0 Å². The summed E-state index contributed by atoms with van der Waals surface area (Å²) >= 11 is 1.97. The van der Waals surface area contributed by atoms with Gasteiger partial charge in [0.1, 0.15) is 0 Å². The molecule has 0 aromatic rings. The molecule has 0 aliphatic heterocycles. The van der Waals surface area contributed by atoms with E-state index in [1.807, 2.05) is 11.8 Å². The highest BCUT2D eigenvalue weighted by atomic mass is 32.2. The molecule has 0 saturated heterocycles. The lowest BCUT2D eigenvalue weighted by atomic mass is 9.83. The molecule has 1 rings (SSSR count). The summed E-state index contributed by atoms with van der Waals surface area (Å²) in [5.41, 5.74) is 0. The van der Waals surface area contributed by atoms with Gasteiger partial charge in [0.25, 0.3) is 0 Å². The van der Waals surface area contributed by atoms with Crippen LogP contribution in [0.1, 0.15) is 58.8 Å². The standard InChI is InChI=1S/C16H31NO2S/c1-4-6-13-7-8-14(17-10-5-2)15(12-13)20-11-9-16(18)19-3/h13-15,17H,4-12H2,1-3H3. The van der Waals surface area contributed by atoms with Crippen molar-refractivity contribution in [3.05, 3.63) is 0 Å². The highest BCUT2D eigenvalue weighted by Crippen LogP contribution is 2.35. The van der Waals surface area contributed by atoms with Gasteiger partial charge in [-0.15, -0.1) is 0 Å². The minimum Gasteiger partial charge on any atom is -0.469 e. The average Bonchev–Trinajstić information content (AvgIpc) is 2.46. The van der Waals surface area contributed by atoms with E-state index in [0.29, 0.717) is 17.7 Å². The Bertz CT molecular complexity index is 273. The molecule has 20 heavy (non-hydrogen) atoms. The molecule has 0 spiro atoms. The zero-order valence-electron chi connectivity index (χ0n) is 13.3. The first-order valence-corrected chi connectivity index (χ1v) is 9.17. The first-order chi connectivity index (χ1) is 9.71. The summed E-state index contributed by atoms with van der Waals surface area (Å²) in [7, 11) is 1.47. The van der Waals surface area contributed by atoms with Gasteiger partial charge in [-0.05, 0) is 38.1 Å². The van der Waals surface area contributed by atoms with Crippen LogP contribution in [0.4, 0.5) is 0 Å². The quantitative estimate of drug-likeness (QED) is 0.660. The van der Waals surface area contributed by atoms with Gasteiger partial charge >= 0.3 is 5.97 Å². The van der Waals surface area contributed by atoms with Gasteiger partial charge in [-0.1, -0.05) is 26.7 Å². The van der Waals surface area contributed by atoms with Crippen LogP contribution in [0.25, 0.3) is 0 Å². The van der Waals surface area contributed by atoms with E-state index in [1.165, 1.54) is 45.6 Å². The van der Waals surface area contributed by atoms with Crippen LogP contribution in [0.2, 0.25) is 0 Å². The lowest BCUT2D eigenvalue weighted by Gasteiger charge is -2.36. The number of ether oxygens (including phenoxy) is 1.